The fourth-order valence-corrected chi connectivity index (χ4v) is 3.51. The summed E-state index contributed by atoms with van der Waals surface area (Å²) in [5.74, 6) is 0.722. The summed E-state index contributed by atoms with van der Waals surface area (Å²) in [6.07, 6.45) is 0. The van der Waals surface area contributed by atoms with Crippen molar-refractivity contribution in [2.75, 3.05) is 60.2 Å². The molecule has 1 fully saturated rings. The van der Waals surface area contributed by atoms with E-state index < -0.39 is 11.4 Å². The average Bonchev–Trinajstić information content (AvgIpc) is 2.90. The highest BCUT2D eigenvalue weighted by Gasteiger charge is 2.33. The zero-order valence-corrected chi connectivity index (χ0v) is 18.8. The first-order valence-electron chi connectivity index (χ1n) is 10.3. The molecular weight excluding hydrogens is 423 g/mol. The molecule has 2 aromatic rings. The van der Waals surface area contributed by atoms with Gasteiger partial charge in [0.25, 0.3) is 0 Å². The van der Waals surface area contributed by atoms with E-state index in [2.05, 4.69) is 9.80 Å². The number of ether oxygens (including phenoxy) is 3. The Labute approximate surface area is 188 Å². The molecule has 1 heterocycles. The molecule has 0 bridgehead atoms. The normalized spacial score (nSPS) is 19.9. The van der Waals surface area contributed by atoms with Crippen LogP contribution in [0.25, 0.3) is 0 Å². The molecule has 1 aliphatic heterocycles. The van der Waals surface area contributed by atoms with Crippen LogP contribution in [-0.4, -0.2) is 80.7 Å². The number of hydrogen-bond donors (Lipinski definition) is 1. The number of β-amino-alcohol motifs (C(OH)–C–C–N with tert-alkyl or cyclic N) is 1. The third kappa shape index (κ3) is 7.63. The minimum Gasteiger partial charge on any atom is -0.492 e. The van der Waals surface area contributed by atoms with Crippen molar-refractivity contribution in [1.29, 1.82) is 0 Å². The lowest BCUT2D eigenvalue weighted by molar-refractivity contribution is -0.0646. The number of rotatable bonds is 9. The van der Waals surface area contributed by atoms with Crippen LogP contribution in [-0.2, 0) is 11.3 Å². The SMILES string of the molecule is CN(C)CCOc1cccc(CN2CCOC[C@@](O)(COc3ccc(F)c(Cl)c3)C2)c1. The lowest BCUT2D eigenvalue weighted by Gasteiger charge is -2.30. The van der Waals surface area contributed by atoms with Gasteiger partial charge in [-0.1, -0.05) is 23.7 Å². The summed E-state index contributed by atoms with van der Waals surface area (Å²) < 4.78 is 30.5. The van der Waals surface area contributed by atoms with Gasteiger partial charge in [0.05, 0.1) is 18.2 Å². The number of halogens is 2. The third-order valence-electron chi connectivity index (χ3n) is 4.95. The van der Waals surface area contributed by atoms with Crippen molar-refractivity contribution < 1.29 is 23.7 Å². The molecule has 0 unspecified atom stereocenters. The summed E-state index contributed by atoms with van der Waals surface area (Å²) in [6.45, 7) is 3.89. The number of nitrogens with zero attached hydrogens (tertiary/aromatic N) is 2. The van der Waals surface area contributed by atoms with Crippen molar-refractivity contribution in [3.63, 3.8) is 0 Å². The molecule has 1 aliphatic rings. The van der Waals surface area contributed by atoms with Gasteiger partial charge in [-0.25, -0.2) is 4.39 Å². The molecule has 31 heavy (non-hydrogen) atoms. The van der Waals surface area contributed by atoms with Crippen LogP contribution in [0.4, 0.5) is 4.39 Å². The van der Waals surface area contributed by atoms with E-state index in [0.717, 1.165) is 17.9 Å². The van der Waals surface area contributed by atoms with Gasteiger partial charge >= 0.3 is 0 Å². The van der Waals surface area contributed by atoms with Crippen LogP contribution in [0.1, 0.15) is 5.56 Å². The van der Waals surface area contributed by atoms with Gasteiger partial charge in [0, 0.05) is 32.2 Å². The van der Waals surface area contributed by atoms with Crippen LogP contribution in [0.2, 0.25) is 5.02 Å². The lowest BCUT2D eigenvalue weighted by Crippen LogP contribution is -2.48. The molecule has 0 aromatic heterocycles. The Morgan fingerprint density at radius 2 is 2.00 bits per heavy atom. The Morgan fingerprint density at radius 1 is 1.19 bits per heavy atom. The average molecular weight is 453 g/mol. The van der Waals surface area contributed by atoms with Crippen LogP contribution in [0, 0.1) is 5.82 Å². The summed E-state index contributed by atoms with van der Waals surface area (Å²) in [4.78, 5) is 4.21. The number of hydrogen-bond acceptors (Lipinski definition) is 6. The Bertz CT molecular complexity index is 854. The number of likely N-dealkylation sites (N-methyl/N-ethyl adjacent to an activating group) is 1. The molecule has 1 saturated heterocycles. The Balaban J connectivity index is 1.58. The van der Waals surface area contributed by atoms with Crippen LogP contribution in [0.15, 0.2) is 42.5 Å². The van der Waals surface area contributed by atoms with Gasteiger partial charge < -0.3 is 24.2 Å². The zero-order valence-electron chi connectivity index (χ0n) is 18.0. The largest absolute Gasteiger partial charge is 0.492 e. The second-order valence-corrected chi connectivity index (χ2v) is 8.56. The molecule has 0 aliphatic carbocycles. The van der Waals surface area contributed by atoms with Crippen LogP contribution >= 0.6 is 11.6 Å². The molecule has 0 amide bonds. The molecule has 8 heteroatoms. The van der Waals surface area contributed by atoms with Gasteiger partial charge in [-0.15, -0.1) is 0 Å². The van der Waals surface area contributed by atoms with Crippen molar-refractivity contribution >= 4 is 11.6 Å². The summed E-state index contributed by atoms with van der Waals surface area (Å²) in [6, 6.07) is 12.1. The van der Waals surface area contributed by atoms with E-state index in [4.69, 9.17) is 25.8 Å². The maximum Gasteiger partial charge on any atom is 0.142 e. The van der Waals surface area contributed by atoms with Crippen LogP contribution < -0.4 is 9.47 Å². The van der Waals surface area contributed by atoms with Crippen molar-refractivity contribution in [1.82, 2.24) is 9.80 Å². The molecular formula is C23H30ClFN2O4. The Kier molecular flexibility index (Phi) is 8.51. The van der Waals surface area contributed by atoms with Crippen molar-refractivity contribution in [3.8, 4) is 11.5 Å². The van der Waals surface area contributed by atoms with Crippen LogP contribution in [0.3, 0.4) is 0 Å². The highest BCUT2D eigenvalue weighted by Crippen LogP contribution is 2.23. The fourth-order valence-electron chi connectivity index (χ4n) is 3.34. The van der Waals surface area contributed by atoms with Gasteiger partial charge in [0.15, 0.2) is 0 Å². The molecule has 2 aromatic carbocycles. The van der Waals surface area contributed by atoms with Gasteiger partial charge in [-0.05, 0) is 43.9 Å². The van der Waals surface area contributed by atoms with Crippen molar-refractivity contribution in [2.45, 2.75) is 12.1 Å². The minimum atomic E-state index is -1.20. The first-order valence-corrected chi connectivity index (χ1v) is 10.7. The van der Waals surface area contributed by atoms with E-state index in [-0.39, 0.29) is 18.2 Å². The molecule has 0 radical (unpaired) electrons. The maximum atomic E-state index is 13.3. The molecule has 1 atom stereocenters. The first-order chi connectivity index (χ1) is 14.8. The molecule has 3 rings (SSSR count). The monoisotopic (exact) mass is 452 g/mol. The van der Waals surface area contributed by atoms with E-state index in [1.54, 1.807) is 0 Å². The van der Waals surface area contributed by atoms with E-state index in [0.29, 0.717) is 38.6 Å². The quantitative estimate of drug-likeness (QED) is 0.631. The topological polar surface area (TPSA) is 54.4 Å². The van der Waals surface area contributed by atoms with Crippen molar-refractivity contribution in [3.05, 3.63) is 58.9 Å². The number of aliphatic hydroxyl groups is 1. The highest BCUT2D eigenvalue weighted by atomic mass is 35.5. The minimum absolute atomic E-state index is 0.0130. The predicted molar refractivity (Wildman–Crippen MR) is 118 cm³/mol. The van der Waals surface area contributed by atoms with E-state index in [9.17, 15) is 9.50 Å². The fraction of sp³-hybridized carbons (Fsp3) is 0.478. The predicted octanol–water partition coefficient (Wildman–Crippen LogP) is 3.06. The third-order valence-corrected chi connectivity index (χ3v) is 5.24. The summed E-state index contributed by atoms with van der Waals surface area (Å²) in [5.41, 5.74) is -0.102. The molecule has 0 spiro atoms. The lowest BCUT2D eigenvalue weighted by atomic mass is 10.1. The standard InChI is InChI=1S/C23H30ClFN2O4/c1-26(2)8-11-30-19-5-3-4-18(12-19)14-27-9-10-29-16-23(28,15-27)17-31-20-6-7-22(25)21(24)13-20/h3-7,12-13,28H,8-11,14-17H2,1-2H3/t23-/m1/s1. The Hall–Kier alpha value is -1.90. The van der Waals surface area contributed by atoms with Gasteiger partial charge in [0.2, 0.25) is 0 Å². The van der Waals surface area contributed by atoms with E-state index >= 15 is 0 Å². The van der Waals surface area contributed by atoms with Gasteiger partial charge in [-0.3, -0.25) is 4.90 Å². The van der Waals surface area contributed by atoms with Gasteiger partial charge in [-0.2, -0.15) is 0 Å². The zero-order chi connectivity index (χ0) is 22.3. The maximum absolute atomic E-state index is 13.3. The molecule has 6 nitrogen and oxygen atoms in total. The summed E-state index contributed by atoms with van der Waals surface area (Å²) >= 11 is 5.81. The summed E-state index contributed by atoms with van der Waals surface area (Å²) in [7, 11) is 4.02. The smallest absolute Gasteiger partial charge is 0.142 e. The molecule has 1 N–H and O–H groups in total. The van der Waals surface area contributed by atoms with Crippen molar-refractivity contribution in [2.24, 2.45) is 0 Å². The van der Waals surface area contributed by atoms with Crippen LogP contribution in [0.5, 0.6) is 11.5 Å². The van der Waals surface area contributed by atoms with Gasteiger partial charge in [0.1, 0.15) is 36.1 Å². The van der Waals surface area contributed by atoms with E-state index in [1.165, 1.54) is 18.2 Å². The molecule has 0 saturated carbocycles. The number of benzene rings is 2. The summed E-state index contributed by atoms with van der Waals surface area (Å²) in [5, 5.41) is 11.1. The second-order valence-electron chi connectivity index (χ2n) is 8.15. The Morgan fingerprint density at radius 3 is 2.77 bits per heavy atom. The highest BCUT2D eigenvalue weighted by molar-refractivity contribution is 6.30. The van der Waals surface area contributed by atoms with E-state index in [1.807, 2.05) is 38.4 Å². The second kappa shape index (κ2) is 11.1. The first kappa shape index (κ1) is 23.8. The molecule has 170 valence electrons.